The molecule has 2 aromatic carbocycles. The predicted octanol–water partition coefficient (Wildman–Crippen LogP) is 5.89. The van der Waals surface area contributed by atoms with E-state index in [1.165, 1.54) is 33.5 Å². The number of hydrogen-bond donors (Lipinski definition) is 1. The molecule has 0 aliphatic carbocycles. The molecule has 0 unspecified atom stereocenters. The van der Waals surface area contributed by atoms with Crippen LogP contribution in [0.1, 0.15) is 21.7 Å². The van der Waals surface area contributed by atoms with Crippen molar-refractivity contribution in [3.8, 4) is 28.7 Å². The fourth-order valence-electron chi connectivity index (χ4n) is 4.34. The molecule has 1 N–H and O–H groups in total. The molecule has 0 aliphatic heterocycles. The van der Waals surface area contributed by atoms with Gasteiger partial charge in [-0.25, -0.2) is 9.78 Å². The van der Waals surface area contributed by atoms with Crippen molar-refractivity contribution in [2.24, 2.45) is 0 Å². The molecule has 0 atom stereocenters. The third-order valence-corrected chi connectivity index (χ3v) is 7.30. The maximum atomic E-state index is 13.3. The van der Waals surface area contributed by atoms with Crippen LogP contribution < -0.4 is 15.0 Å². The van der Waals surface area contributed by atoms with Crippen molar-refractivity contribution in [3.05, 3.63) is 80.3 Å². The summed E-state index contributed by atoms with van der Waals surface area (Å²) >= 11 is 7.51. The lowest BCUT2D eigenvalue weighted by molar-refractivity contribution is -0.0497. The lowest BCUT2D eigenvalue weighted by Crippen LogP contribution is -2.27. The largest absolute Gasteiger partial charge is 0.491 e. The van der Waals surface area contributed by atoms with Crippen LogP contribution in [-0.2, 0) is 6.54 Å². The average molecular weight is 583 g/mol. The zero-order valence-electron chi connectivity index (χ0n) is 20.5. The number of fused-ring (bicyclic) bond motifs is 2. The van der Waals surface area contributed by atoms with Crippen LogP contribution in [-0.4, -0.2) is 38.8 Å². The first-order valence-corrected chi connectivity index (χ1v) is 12.9. The fraction of sp³-hybridized carbons (Fsp3) is 0.148. The van der Waals surface area contributed by atoms with Crippen molar-refractivity contribution in [1.29, 1.82) is 5.26 Å². The van der Waals surface area contributed by atoms with Gasteiger partial charge in [0.2, 0.25) is 0 Å². The van der Waals surface area contributed by atoms with E-state index in [-0.39, 0.29) is 46.8 Å². The van der Waals surface area contributed by atoms with Gasteiger partial charge in [-0.2, -0.15) is 14.0 Å². The molecule has 0 aliphatic rings. The third kappa shape index (κ3) is 5.04. The number of ether oxygens (including phenoxy) is 2. The summed E-state index contributed by atoms with van der Waals surface area (Å²) in [6.45, 7) is -1.44. The number of halogens is 3. The van der Waals surface area contributed by atoms with Gasteiger partial charge in [0.05, 0.1) is 38.8 Å². The number of aryl methyl sites for hydroxylation is 1. The van der Waals surface area contributed by atoms with Gasteiger partial charge in [-0.15, -0.1) is 11.3 Å². The van der Waals surface area contributed by atoms with Crippen molar-refractivity contribution < 1.29 is 28.2 Å². The summed E-state index contributed by atoms with van der Waals surface area (Å²) in [6, 6.07) is 10.8. The quantitative estimate of drug-likeness (QED) is 0.240. The SMILES string of the molecule is Cc1nc2cc(OC(F)F)cc(C#N)c2c(=O)n1CCOc1ccc(Cl)cc1-c1ccnc2c(C(=O)O)csc12. The second-order valence-electron chi connectivity index (χ2n) is 8.45. The van der Waals surface area contributed by atoms with E-state index in [1.807, 2.05) is 6.07 Å². The number of carboxylic acid groups (broad SMARTS) is 1. The van der Waals surface area contributed by atoms with E-state index in [4.69, 9.17) is 16.3 Å². The van der Waals surface area contributed by atoms with Crippen molar-refractivity contribution in [1.82, 2.24) is 14.5 Å². The van der Waals surface area contributed by atoms with Gasteiger partial charge in [0.1, 0.15) is 30.0 Å². The molecule has 0 saturated carbocycles. The first-order valence-electron chi connectivity index (χ1n) is 11.6. The Bertz CT molecular complexity index is 1900. The van der Waals surface area contributed by atoms with Crippen LogP contribution in [0.3, 0.4) is 0 Å². The summed E-state index contributed by atoms with van der Waals surface area (Å²) in [4.78, 5) is 33.4. The molecular formula is C27H17ClF2N4O5S. The number of nitrogens with zero attached hydrogens (tertiary/aromatic N) is 4. The molecule has 0 spiro atoms. The van der Waals surface area contributed by atoms with Crippen molar-refractivity contribution in [2.75, 3.05) is 6.61 Å². The molecule has 9 nitrogen and oxygen atoms in total. The van der Waals surface area contributed by atoms with Crippen LogP contribution in [0.25, 0.3) is 32.2 Å². The van der Waals surface area contributed by atoms with Gasteiger partial charge >= 0.3 is 12.6 Å². The van der Waals surface area contributed by atoms with Crippen molar-refractivity contribution >= 4 is 50.0 Å². The van der Waals surface area contributed by atoms with Gasteiger partial charge in [0, 0.05) is 33.8 Å². The standard InChI is InChI=1S/C27H17ClF2N4O5S/c1-13-33-20-10-16(39-27(29)30)8-14(11-31)22(20)25(35)34(13)6-7-38-21-3-2-15(28)9-18(21)17-4-5-32-23-19(26(36)37)12-40-24(17)23/h2-5,8-10,12,27H,6-7H2,1H3,(H,36,37). The smallest absolute Gasteiger partial charge is 0.387 e. The summed E-state index contributed by atoms with van der Waals surface area (Å²) in [6.07, 6.45) is 1.51. The number of aromatic carboxylic acids is 1. The second-order valence-corrected chi connectivity index (χ2v) is 9.77. The Hall–Kier alpha value is -4.60. The van der Waals surface area contributed by atoms with Crippen LogP contribution in [0.5, 0.6) is 11.5 Å². The van der Waals surface area contributed by atoms with Crippen LogP contribution in [0.4, 0.5) is 8.78 Å². The number of carboxylic acids is 1. The van der Waals surface area contributed by atoms with Crippen molar-refractivity contribution in [3.63, 3.8) is 0 Å². The van der Waals surface area contributed by atoms with E-state index in [9.17, 15) is 28.7 Å². The Balaban J connectivity index is 1.47. The Morgan fingerprint density at radius 2 is 2.05 bits per heavy atom. The van der Waals surface area contributed by atoms with E-state index in [2.05, 4.69) is 14.7 Å². The van der Waals surface area contributed by atoms with Crippen LogP contribution >= 0.6 is 22.9 Å². The molecule has 0 fully saturated rings. The minimum absolute atomic E-state index is 0.0204. The molecule has 5 aromatic rings. The molecule has 3 aromatic heterocycles. The van der Waals surface area contributed by atoms with Crippen LogP contribution in [0.2, 0.25) is 5.02 Å². The third-order valence-electron chi connectivity index (χ3n) is 6.06. The lowest BCUT2D eigenvalue weighted by Gasteiger charge is -2.15. The number of pyridine rings is 1. The summed E-state index contributed by atoms with van der Waals surface area (Å²) in [5.41, 5.74) is 1.12. The molecule has 3 heterocycles. The fourth-order valence-corrected chi connectivity index (χ4v) is 5.53. The normalized spacial score (nSPS) is 11.2. The number of thiophene rings is 1. The van der Waals surface area contributed by atoms with Gasteiger partial charge in [-0.1, -0.05) is 11.6 Å². The van der Waals surface area contributed by atoms with Gasteiger partial charge in [0.25, 0.3) is 5.56 Å². The van der Waals surface area contributed by atoms with Crippen LogP contribution in [0, 0.1) is 18.3 Å². The zero-order chi connectivity index (χ0) is 28.6. The summed E-state index contributed by atoms with van der Waals surface area (Å²) in [5.74, 6) is -0.631. The average Bonchev–Trinajstić information content (AvgIpc) is 3.35. The number of nitriles is 1. The maximum absolute atomic E-state index is 13.3. The molecule has 0 saturated heterocycles. The van der Waals surface area contributed by atoms with E-state index >= 15 is 0 Å². The van der Waals surface area contributed by atoms with Crippen molar-refractivity contribution in [2.45, 2.75) is 20.1 Å². The molecule has 202 valence electrons. The monoisotopic (exact) mass is 582 g/mol. The van der Waals surface area contributed by atoms with Crippen LogP contribution in [0.15, 0.2) is 52.8 Å². The molecule has 0 bridgehead atoms. The highest BCUT2D eigenvalue weighted by Crippen LogP contribution is 2.39. The summed E-state index contributed by atoms with van der Waals surface area (Å²) < 4.78 is 37.8. The lowest BCUT2D eigenvalue weighted by atomic mass is 10.0. The van der Waals surface area contributed by atoms with E-state index in [1.54, 1.807) is 31.2 Å². The van der Waals surface area contributed by atoms with E-state index in [0.29, 0.717) is 32.1 Å². The highest BCUT2D eigenvalue weighted by Gasteiger charge is 2.19. The first-order chi connectivity index (χ1) is 19.2. The second kappa shape index (κ2) is 10.9. The number of carbonyl (C=O) groups is 1. The number of aromatic nitrogens is 3. The molecule has 5 rings (SSSR count). The van der Waals surface area contributed by atoms with Gasteiger partial charge in [0.15, 0.2) is 0 Å². The minimum atomic E-state index is -3.09. The molecule has 0 radical (unpaired) electrons. The topological polar surface area (TPSA) is 127 Å². The van der Waals surface area contributed by atoms with E-state index < -0.39 is 18.1 Å². The predicted molar refractivity (Wildman–Crippen MR) is 145 cm³/mol. The maximum Gasteiger partial charge on any atom is 0.387 e. The van der Waals surface area contributed by atoms with Gasteiger partial charge in [-0.3, -0.25) is 14.3 Å². The molecular weight excluding hydrogens is 566 g/mol. The Morgan fingerprint density at radius 1 is 1.25 bits per heavy atom. The molecule has 40 heavy (non-hydrogen) atoms. The highest BCUT2D eigenvalue weighted by atomic mass is 35.5. The molecule has 13 heteroatoms. The summed E-state index contributed by atoms with van der Waals surface area (Å²) in [5, 5.41) is 21.0. The Labute approximate surface area is 233 Å². The minimum Gasteiger partial charge on any atom is -0.491 e. The summed E-state index contributed by atoms with van der Waals surface area (Å²) in [7, 11) is 0. The Kier molecular flexibility index (Phi) is 7.34. The highest BCUT2D eigenvalue weighted by molar-refractivity contribution is 7.18. The first kappa shape index (κ1) is 27.0. The zero-order valence-corrected chi connectivity index (χ0v) is 22.1. The van der Waals surface area contributed by atoms with E-state index in [0.717, 1.165) is 6.07 Å². The number of rotatable bonds is 8. The Morgan fingerprint density at radius 3 is 2.77 bits per heavy atom. The molecule has 0 amide bonds. The number of benzene rings is 2. The number of hydrogen-bond acceptors (Lipinski definition) is 8. The van der Waals surface area contributed by atoms with Gasteiger partial charge < -0.3 is 14.6 Å². The number of alkyl halides is 2. The van der Waals surface area contributed by atoms with Gasteiger partial charge in [-0.05, 0) is 37.3 Å².